The van der Waals surface area contributed by atoms with Crippen molar-refractivity contribution in [2.75, 3.05) is 13.1 Å². The fourth-order valence-electron chi connectivity index (χ4n) is 3.61. The summed E-state index contributed by atoms with van der Waals surface area (Å²) >= 11 is 0. The van der Waals surface area contributed by atoms with Gasteiger partial charge in [-0.15, -0.1) is 0 Å². The van der Waals surface area contributed by atoms with Crippen molar-refractivity contribution in [3.8, 4) is 0 Å². The molecule has 0 saturated carbocycles. The van der Waals surface area contributed by atoms with Gasteiger partial charge in [0.05, 0.1) is 12.7 Å². The Kier molecular flexibility index (Phi) is 4.17. The van der Waals surface area contributed by atoms with Gasteiger partial charge < -0.3 is 15.2 Å². The summed E-state index contributed by atoms with van der Waals surface area (Å²) in [4.78, 5) is 17.7. The van der Waals surface area contributed by atoms with Crippen LogP contribution in [0.5, 0.6) is 0 Å². The van der Waals surface area contributed by atoms with E-state index in [-0.39, 0.29) is 6.03 Å². The number of benzene rings is 1. The Labute approximate surface area is 146 Å². The molecule has 1 fully saturated rings. The van der Waals surface area contributed by atoms with Crippen molar-refractivity contribution in [2.45, 2.75) is 19.4 Å². The summed E-state index contributed by atoms with van der Waals surface area (Å²) in [6, 6.07) is 10.3. The van der Waals surface area contributed by atoms with E-state index < -0.39 is 0 Å². The number of fused-ring (bicyclic) bond motifs is 1. The number of likely N-dealkylation sites (tertiary alicyclic amines) is 1. The first-order valence-corrected chi connectivity index (χ1v) is 8.74. The number of aryl methyl sites for hydroxylation is 1. The lowest BCUT2D eigenvalue weighted by Crippen LogP contribution is -2.38. The van der Waals surface area contributed by atoms with Gasteiger partial charge in [-0.25, -0.2) is 4.79 Å². The van der Waals surface area contributed by atoms with Gasteiger partial charge >= 0.3 is 6.03 Å². The molecule has 3 heterocycles. The van der Waals surface area contributed by atoms with E-state index in [2.05, 4.69) is 33.7 Å². The Morgan fingerprint density at radius 2 is 2.28 bits per heavy atom. The maximum atomic E-state index is 12.4. The van der Waals surface area contributed by atoms with E-state index in [4.69, 9.17) is 0 Å². The summed E-state index contributed by atoms with van der Waals surface area (Å²) in [7, 11) is 1.93. The normalized spacial score (nSPS) is 17.3. The van der Waals surface area contributed by atoms with Crippen LogP contribution in [0, 0.1) is 5.92 Å². The SMILES string of the molecule is Cn1cc(C[C@@H]2CCN(C(=O)NCc3cc4ccccc4[nH]3)C2)cn1. The number of carbonyl (C=O) groups excluding carboxylic acids is 1. The lowest BCUT2D eigenvalue weighted by molar-refractivity contribution is 0.206. The number of urea groups is 1. The van der Waals surface area contributed by atoms with E-state index in [1.807, 2.05) is 41.0 Å². The molecule has 0 aliphatic carbocycles. The van der Waals surface area contributed by atoms with Crippen molar-refractivity contribution >= 4 is 16.9 Å². The lowest BCUT2D eigenvalue weighted by atomic mass is 10.0. The molecular weight excluding hydrogens is 314 g/mol. The summed E-state index contributed by atoms with van der Waals surface area (Å²) in [6.45, 7) is 2.16. The standard InChI is InChI=1S/C19H23N5O/c1-23-12-15(10-21-23)8-14-6-7-24(13-14)19(25)20-11-17-9-16-4-2-3-5-18(16)22-17/h2-5,9-10,12,14,22H,6-8,11,13H2,1H3,(H,20,25)/t14-/m0/s1. The van der Waals surface area contributed by atoms with Gasteiger partial charge in [-0.2, -0.15) is 5.10 Å². The summed E-state index contributed by atoms with van der Waals surface area (Å²) < 4.78 is 1.83. The molecule has 2 N–H and O–H groups in total. The van der Waals surface area contributed by atoms with Crippen LogP contribution in [0.3, 0.4) is 0 Å². The molecule has 1 aliphatic rings. The van der Waals surface area contributed by atoms with Crippen LogP contribution in [-0.4, -0.2) is 38.8 Å². The smallest absolute Gasteiger partial charge is 0.317 e. The first kappa shape index (κ1) is 15.7. The second-order valence-electron chi connectivity index (χ2n) is 6.87. The molecule has 0 unspecified atom stereocenters. The van der Waals surface area contributed by atoms with Crippen molar-refractivity contribution in [1.82, 2.24) is 25.0 Å². The van der Waals surface area contributed by atoms with Crippen LogP contribution < -0.4 is 5.32 Å². The average Bonchev–Trinajstić information content (AvgIpc) is 3.32. The maximum absolute atomic E-state index is 12.4. The zero-order valence-electron chi connectivity index (χ0n) is 14.4. The Hall–Kier alpha value is -2.76. The molecule has 0 radical (unpaired) electrons. The molecule has 1 atom stereocenters. The number of hydrogen-bond acceptors (Lipinski definition) is 2. The first-order valence-electron chi connectivity index (χ1n) is 8.74. The number of nitrogens with one attached hydrogen (secondary N) is 2. The molecule has 3 aromatic rings. The molecule has 1 aromatic carbocycles. The molecule has 0 spiro atoms. The molecule has 1 aliphatic heterocycles. The molecule has 2 aromatic heterocycles. The van der Waals surface area contributed by atoms with Crippen molar-refractivity contribution in [3.63, 3.8) is 0 Å². The Morgan fingerprint density at radius 3 is 3.08 bits per heavy atom. The third-order valence-electron chi connectivity index (χ3n) is 4.87. The highest BCUT2D eigenvalue weighted by Crippen LogP contribution is 2.21. The molecular formula is C19H23N5O. The van der Waals surface area contributed by atoms with Crippen LogP contribution in [0.15, 0.2) is 42.7 Å². The Balaban J connectivity index is 1.29. The van der Waals surface area contributed by atoms with Gasteiger partial charge in [0.1, 0.15) is 0 Å². The zero-order valence-corrected chi connectivity index (χ0v) is 14.4. The largest absolute Gasteiger partial charge is 0.357 e. The lowest BCUT2D eigenvalue weighted by Gasteiger charge is -2.17. The summed E-state index contributed by atoms with van der Waals surface area (Å²) in [5.41, 5.74) is 3.37. The number of aromatic nitrogens is 3. The predicted octanol–water partition coefficient (Wildman–Crippen LogP) is 2.68. The Bertz CT molecular complexity index is 848. The van der Waals surface area contributed by atoms with Crippen molar-refractivity contribution < 1.29 is 4.79 Å². The minimum atomic E-state index is 0.0207. The number of nitrogens with zero attached hydrogens (tertiary/aromatic N) is 3. The molecule has 2 amide bonds. The van der Waals surface area contributed by atoms with E-state index in [0.29, 0.717) is 12.5 Å². The van der Waals surface area contributed by atoms with Gasteiger partial charge in [-0.1, -0.05) is 18.2 Å². The zero-order chi connectivity index (χ0) is 17.2. The summed E-state index contributed by atoms with van der Waals surface area (Å²) in [6.07, 6.45) is 6.01. The van der Waals surface area contributed by atoms with Gasteiger partial charge in [-0.3, -0.25) is 4.68 Å². The van der Waals surface area contributed by atoms with Gasteiger partial charge in [0, 0.05) is 37.5 Å². The summed E-state index contributed by atoms with van der Waals surface area (Å²) in [5, 5.41) is 8.41. The first-order chi connectivity index (χ1) is 12.2. The summed E-state index contributed by atoms with van der Waals surface area (Å²) in [5.74, 6) is 0.517. The third kappa shape index (κ3) is 3.52. The second-order valence-corrected chi connectivity index (χ2v) is 6.87. The monoisotopic (exact) mass is 337 g/mol. The molecule has 6 nitrogen and oxygen atoms in total. The van der Waals surface area contributed by atoms with Gasteiger partial charge in [0.25, 0.3) is 0 Å². The van der Waals surface area contributed by atoms with Crippen LogP contribution in [0.4, 0.5) is 4.79 Å². The molecule has 6 heteroatoms. The van der Waals surface area contributed by atoms with Crippen molar-refractivity contribution in [3.05, 3.63) is 54.0 Å². The molecule has 0 bridgehead atoms. The highest BCUT2D eigenvalue weighted by molar-refractivity contribution is 5.80. The van der Waals surface area contributed by atoms with E-state index in [1.54, 1.807) is 0 Å². The molecule has 130 valence electrons. The number of H-pyrrole nitrogens is 1. The van der Waals surface area contributed by atoms with Gasteiger partial charge in [-0.05, 0) is 41.8 Å². The number of hydrogen-bond donors (Lipinski definition) is 2. The average molecular weight is 337 g/mol. The maximum Gasteiger partial charge on any atom is 0.317 e. The Morgan fingerprint density at radius 1 is 1.40 bits per heavy atom. The van der Waals surface area contributed by atoms with Crippen LogP contribution in [-0.2, 0) is 20.0 Å². The number of carbonyl (C=O) groups is 1. The number of rotatable bonds is 4. The highest BCUT2D eigenvalue weighted by atomic mass is 16.2. The highest BCUT2D eigenvalue weighted by Gasteiger charge is 2.26. The van der Waals surface area contributed by atoms with Crippen molar-refractivity contribution in [1.29, 1.82) is 0 Å². The van der Waals surface area contributed by atoms with Crippen LogP contribution >= 0.6 is 0 Å². The molecule has 1 saturated heterocycles. The fourth-order valence-corrected chi connectivity index (χ4v) is 3.61. The molecule has 4 rings (SSSR count). The minimum Gasteiger partial charge on any atom is -0.357 e. The number of para-hydroxylation sites is 1. The predicted molar refractivity (Wildman–Crippen MR) is 97.1 cm³/mol. The van der Waals surface area contributed by atoms with E-state index >= 15 is 0 Å². The van der Waals surface area contributed by atoms with Crippen LogP contribution in [0.2, 0.25) is 0 Å². The van der Waals surface area contributed by atoms with E-state index in [1.165, 1.54) is 10.9 Å². The molecule has 25 heavy (non-hydrogen) atoms. The van der Waals surface area contributed by atoms with Crippen molar-refractivity contribution in [2.24, 2.45) is 13.0 Å². The fraction of sp³-hybridized carbons (Fsp3) is 0.368. The quantitative estimate of drug-likeness (QED) is 0.769. The van der Waals surface area contributed by atoms with E-state index in [9.17, 15) is 4.79 Å². The van der Waals surface area contributed by atoms with Crippen LogP contribution in [0.25, 0.3) is 10.9 Å². The second kappa shape index (κ2) is 6.63. The topological polar surface area (TPSA) is 66.0 Å². The number of aromatic amines is 1. The van der Waals surface area contributed by atoms with Crippen LogP contribution in [0.1, 0.15) is 17.7 Å². The minimum absolute atomic E-state index is 0.0207. The third-order valence-corrected chi connectivity index (χ3v) is 4.87. The van der Waals surface area contributed by atoms with Gasteiger partial charge in [0.15, 0.2) is 0 Å². The number of amides is 2. The van der Waals surface area contributed by atoms with E-state index in [0.717, 1.165) is 37.1 Å². The van der Waals surface area contributed by atoms with Gasteiger partial charge in [0.2, 0.25) is 0 Å².